The summed E-state index contributed by atoms with van der Waals surface area (Å²) in [6, 6.07) is 3.59. The second-order valence-electron chi connectivity index (χ2n) is 11.9. The van der Waals surface area contributed by atoms with Crippen molar-refractivity contribution in [2.45, 2.75) is 118 Å². The number of hydrogen-bond donors (Lipinski definition) is 0. The first kappa shape index (κ1) is 32.3. The van der Waals surface area contributed by atoms with Gasteiger partial charge in [0.15, 0.2) is 0 Å². The van der Waals surface area contributed by atoms with E-state index in [9.17, 15) is 19.2 Å². The quantitative estimate of drug-likeness (QED) is 0.260. The monoisotopic (exact) mass is 592 g/mol. The molecule has 222 valence electrons. The van der Waals surface area contributed by atoms with Crippen LogP contribution in [-0.4, -0.2) is 50.7 Å². The molecule has 0 aliphatic carbocycles. The number of nitrogens with zero attached hydrogens (tertiary/aromatic N) is 2. The van der Waals surface area contributed by atoms with Gasteiger partial charge in [-0.1, -0.05) is 0 Å². The molecule has 0 spiro atoms. The smallest absolute Gasteiger partial charge is 0.337 e. The van der Waals surface area contributed by atoms with Crippen LogP contribution < -0.4 is 22.2 Å². The van der Waals surface area contributed by atoms with Gasteiger partial charge >= 0.3 is 17.1 Å². The van der Waals surface area contributed by atoms with Crippen LogP contribution in [0, 0.1) is 0 Å². The Morgan fingerprint density at radius 3 is 0.950 bits per heavy atom. The van der Waals surface area contributed by atoms with Gasteiger partial charge in [-0.2, -0.15) is 0 Å². The Morgan fingerprint density at radius 2 is 0.750 bits per heavy atom. The molecule has 0 amide bonds. The van der Waals surface area contributed by atoms with E-state index in [1.807, 2.05) is 68.5 Å². The van der Waals surface area contributed by atoms with Gasteiger partial charge in [0.25, 0.3) is 22.2 Å². The minimum absolute atomic E-state index is 0.0602. The lowest BCUT2D eigenvalue weighted by molar-refractivity contribution is 0.107. The normalized spacial score (nSPS) is 13.3. The molecule has 0 saturated carbocycles. The maximum atomic E-state index is 13.3. The Balaban J connectivity index is 1.98. The summed E-state index contributed by atoms with van der Waals surface area (Å²) in [6.07, 6.45) is -0.241. The Kier molecular flexibility index (Phi) is 9.96. The van der Waals surface area contributed by atoms with Crippen LogP contribution in [0.15, 0.2) is 31.3 Å². The number of aromatic nitrogens is 2. The molecule has 0 aliphatic rings. The van der Waals surface area contributed by atoms with E-state index in [0.29, 0.717) is 12.1 Å². The minimum atomic E-state index is -2.68. The van der Waals surface area contributed by atoms with Crippen molar-refractivity contribution in [2.75, 3.05) is 0 Å². The second-order valence-corrected chi connectivity index (χ2v) is 18.4. The Hall–Kier alpha value is -2.23. The molecule has 0 fully saturated rings. The Labute approximate surface area is 237 Å². The van der Waals surface area contributed by atoms with Crippen molar-refractivity contribution in [2.24, 2.45) is 0 Å². The minimum Gasteiger partial charge on any atom is -0.392 e. The first-order chi connectivity index (χ1) is 18.5. The molecule has 0 N–H and O–H groups in total. The van der Waals surface area contributed by atoms with Crippen LogP contribution in [0.4, 0.5) is 0 Å². The van der Waals surface area contributed by atoms with Crippen molar-refractivity contribution < 1.29 is 17.7 Å². The maximum absolute atomic E-state index is 13.3. The average molecular weight is 593 g/mol. The van der Waals surface area contributed by atoms with Crippen LogP contribution in [0.25, 0.3) is 21.5 Å². The van der Waals surface area contributed by atoms with E-state index in [0.717, 1.165) is 9.13 Å². The first-order valence-electron chi connectivity index (χ1n) is 14.1. The van der Waals surface area contributed by atoms with Gasteiger partial charge in [-0.3, -0.25) is 28.3 Å². The number of hydrogen-bond acceptors (Lipinski definition) is 8. The highest BCUT2D eigenvalue weighted by Gasteiger charge is 2.36. The Morgan fingerprint density at radius 1 is 0.525 bits per heavy atom. The van der Waals surface area contributed by atoms with E-state index < -0.39 is 39.4 Å². The summed E-state index contributed by atoms with van der Waals surface area (Å²) < 4.78 is 26.8. The van der Waals surface area contributed by atoms with E-state index in [4.69, 9.17) is 17.7 Å². The third kappa shape index (κ3) is 7.15. The maximum Gasteiger partial charge on any atom is 0.337 e. The molecule has 0 radical (unpaired) electrons. The summed E-state index contributed by atoms with van der Waals surface area (Å²) in [5.74, 6) is 0. The van der Waals surface area contributed by atoms with Crippen molar-refractivity contribution in [3.05, 3.63) is 53.5 Å². The van der Waals surface area contributed by atoms with Crippen LogP contribution in [0.5, 0.6) is 0 Å². The number of benzene rings is 1. The standard InChI is InChI=1S/C28H44N2O8Si2/c1-17(2)35-39(9,36-18(3)4)13-11-29-25(31)21-15-23-24(16-22(21)26(29)32)28(34)30(27(23)33)12-14-40(10,37-19(5)6)38-20(7)8/h15-20H,11-14H2,1-10H3. The molecule has 0 saturated heterocycles. The zero-order valence-corrected chi connectivity index (χ0v) is 27.5. The van der Waals surface area contributed by atoms with Gasteiger partial charge in [0.2, 0.25) is 0 Å². The summed E-state index contributed by atoms with van der Waals surface area (Å²) in [4.78, 5) is 53.2. The SMILES string of the molecule is CC(C)O[Si](C)(CCn1c(=O)c2cc3c(=O)n(CC[Si](C)(OC(C)C)OC(C)C)c(=O)c3cc2c1=O)OC(C)C. The highest BCUT2D eigenvalue weighted by atomic mass is 28.4. The highest BCUT2D eigenvalue weighted by Crippen LogP contribution is 2.21. The Bertz CT molecular complexity index is 1340. The lowest BCUT2D eigenvalue weighted by Crippen LogP contribution is -2.44. The van der Waals surface area contributed by atoms with Crippen LogP contribution in [0.2, 0.25) is 25.2 Å². The predicted octanol–water partition coefficient (Wildman–Crippen LogP) is 3.76. The molecule has 2 heterocycles. The molecule has 3 aromatic rings. The van der Waals surface area contributed by atoms with Crippen LogP contribution in [-0.2, 0) is 30.8 Å². The molecular weight excluding hydrogens is 548 g/mol. The van der Waals surface area contributed by atoms with Crippen molar-refractivity contribution in [1.82, 2.24) is 9.13 Å². The molecule has 0 bridgehead atoms. The number of rotatable bonds is 14. The van der Waals surface area contributed by atoms with E-state index >= 15 is 0 Å². The highest BCUT2D eigenvalue weighted by molar-refractivity contribution is 6.66. The van der Waals surface area contributed by atoms with Gasteiger partial charge in [0, 0.05) is 49.6 Å². The molecule has 0 unspecified atom stereocenters. The van der Waals surface area contributed by atoms with E-state index in [1.54, 1.807) is 0 Å². The largest absolute Gasteiger partial charge is 0.392 e. The average Bonchev–Trinajstić information content (AvgIpc) is 3.17. The van der Waals surface area contributed by atoms with Gasteiger partial charge in [-0.25, -0.2) is 0 Å². The van der Waals surface area contributed by atoms with Crippen LogP contribution in [0.1, 0.15) is 55.4 Å². The lowest BCUT2D eigenvalue weighted by atomic mass is 10.1. The fourth-order valence-corrected chi connectivity index (χ4v) is 11.2. The molecule has 1 aromatic carbocycles. The third-order valence-corrected chi connectivity index (χ3v) is 12.7. The molecular formula is C28H44N2O8Si2. The van der Waals surface area contributed by atoms with Gasteiger partial charge in [0.05, 0.1) is 21.5 Å². The summed E-state index contributed by atoms with van der Waals surface area (Å²) in [5, 5.41) is 0.538. The van der Waals surface area contributed by atoms with E-state index in [-0.39, 0.29) is 59.1 Å². The zero-order chi connectivity index (χ0) is 30.2. The zero-order valence-electron chi connectivity index (χ0n) is 25.5. The first-order valence-corrected chi connectivity index (χ1v) is 19.1. The second kappa shape index (κ2) is 12.3. The van der Waals surface area contributed by atoms with Crippen LogP contribution in [0.3, 0.4) is 0 Å². The molecule has 3 rings (SSSR count). The topological polar surface area (TPSA) is 115 Å². The van der Waals surface area contributed by atoms with Crippen LogP contribution >= 0.6 is 0 Å². The van der Waals surface area contributed by atoms with Crippen molar-refractivity contribution in [1.29, 1.82) is 0 Å². The predicted molar refractivity (Wildman–Crippen MR) is 163 cm³/mol. The fourth-order valence-electron chi connectivity index (χ4n) is 5.40. The summed E-state index contributed by atoms with van der Waals surface area (Å²) in [5.41, 5.74) is -1.93. The third-order valence-electron chi connectivity index (χ3n) is 6.58. The van der Waals surface area contributed by atoms with Gasteiger partial charge in [-0.15, -0.1) is 0 Å². The molecule has 10 nitrogen and oxygen atoms in total. The lowest BCUT2D eigenvalue weighted by Gasteiger charge is -2.31. The molecule has 40 heavy (non-hydrogen) atoms. The summed E-state index contributed by atoms with van der Waals surface area (Å²) in [7, 11) is -5.36. The van der Waals surface area contributed by atoms with Gasteiger partial charge in [-0.05, 0) is 80.6 Å². The molecule has 2 aromatic heterocycles. The molecule has 0 atom stereocenters. The van der Waals surface area contributed by atoms with Gasteiger partial charge in [0.1, 0.15) is 0 Å². The van der Waals surface area contributed by atoms with Gasteiger partial charge < -0.3 is 17.7 Å². The molecule has 12 heteroatoms. The van der Waals surface area contributed by atoms with E-state index in [1.165, 1.54) is 12.1 Å². The fraction of sp³-hybridized carbons (Fsp3) is 0.643. The summed E-state index contributed by atoms with van der Waals surface area (Å²) in [6.45, 7) is 19.5. The van der Waals surface area contributed by atoms with Crippen molar-refractivity contribution >= 4 is 38.7 Å². The van der Waals surface area contributed by atoms with Crippen molar-refractivity contribution in [3.63, 3.8) is 0 Å². The van der Waals surface area contributed by atoms with Crippen molar-refractivity contribution in [3.8, 4) is 0 Å². The molecule has 0 aliphatic heterocycles. The van der Waals surface area contributed by atoms with E-state index in [2.05, 4.69) is 0 Å². The summed E-state index contributed by atoms with van der Waals surface area (Å²) >= 11 is 0. The number of fused-ring (bicyclic) bond motifs is 2.